The number of carbonyl (C=O) groups is 1. The maximum absolute atomic E-state index is 11.9. The molecule has 118 valence electrons. The molecule has 2 aromatic carbocycles. The van der Waals surface area contributed by atoms with Crippen molar-refractivity contribution in [3.8, 4) is 5.75 Å². The first-order valence-electron chi connectivity index (χ1n) is 7.31. The molecule has 1 heterocycles. The third-order valence-corrected chi connectivity index (χ3v) is 3.89. The van der Waals surface area contributed by atoms with Gasteiger partial charge in [-0.3, -0.25) is 5.10 Å². The normalized spacial score (nSPS) is 10.7. The molecular formula is C18H18N2O3. The van der Waals surface area contributed by atoms with Gasteiger partial charge in [0, 0.05) is 11.1 Å². The first kappa shape index (κ1) is 15.1. The van der Waals surface area contributed by atoms with Gasteiger partial charge in [-0.15, -0.1) is 0 Å². The van der Waals surface area contributed by atoms with Crippen LogP contribution in [-0.2, 0) is 11.2 Å². The van der Waals surface area contributed by atoms with E-state index in [0.29, 0.717) is 12.0 Å². The molecule has 23 heavy (non-hydrogen) atoms. The van der Waals surface area contributed by atoms with Crippen LogP contribution in [0.3, 0.4) is 0 Å². The zero-order chi connectivity index (χ0) is 16.4. The summed E-state index contributed by atoms with van der Waals surface area (Å²) in [4.78, 5) is 11.9. The molecule has 0 atom stereocenters. The van der Waals surface area contributed by atoms with Crippen molar-refractivity contribution in [1.29, 1.82) is 0 Å². The second-order valence-electron chi connectivity index (χ2n) is 5.39. The largest absolute Gasteiger partial charge is 0.497 e. The minimum absolute atomic E-state index is 0.358. The van der Waals surface area contributed by atoms with E-state index in [1.54, 1.807) is 13.2 Å². The number of rotatable bonds is 4. The number of ether oxygens (including phenoxy) is 2. The third kappa shape index (κ3) is 2.90. The first-order valence-corrected chi connectivity index (χ1v) is 7.31. The van der Waals surface area contributed by atoms with Crippen molar-refractivity contribution in [3.63, 3.8) is 0 Å². The number of nitrogens with zero attached hydrogens (tertiary/aromatic N) is 1. The predicted octanol–water partition coefficient (Wildman–Crippen LogP) is 3.26. The Morgan fingerprint density at radius 2 is 1.91 bits per heavy atom. The fraction of sp³-hybridized carbons (Fsp3) is 0.222. The summed E-state index contributed by atoms with van der Waals surface area (Å²) in [5.74, 6) is 0.463. The number of hydrogen-bond acceptors (Lipinski definition) is 4. The van der Waals surface area contributed by atoms with E-state index < -0.39 is 0 Å². The summed E-state index contributed by atoms with van der Waals surface area (Å²) in [5.41, 5.74) is 4.44. The van der Waals surface area contributed by atoms with Crippen LogP contribution >= 0.6 is 0 Å². The molecule has 0 unspecified atom stereocenters. The maximum Gasteiger partial charge on any atom is 0.337 e. The van der Waals surface area contributed by atoms with Gasteiger partial charge in [0.15, 0.2) is 0 Å². The summed E-state index contributed by atoms with van der Waals surface area (Å²) in [5, 5.41) is 8.31. The fourth-order valence-corrected chi connectivity index (χ4v) is 2.75. The summed E-state index contributed by atoms with van der Waals surface area (Å²) in [6.45, 7) is 1.98. The predicted molar refractivity (Wildman–Crippen MR) is 88.0 cm³/mol. The average Bonchev–Trinajstić information content (AvgIpc) is 2.96. The number of benzene rings is 2. The second-order valence-corrected chi connectivity index (χ2v) is 5.39. The maximum atomic E-state index is 11.9. The van der Waals surface area contributed by atoms with Gasteiger partial charge in [0.25, 0.3) is 0 Å². The Morgan fingerprint density at radius 1 is 1.17 bits per heavy atom. The standard InChI is InChI=1S/C18H18N2O3/c1-11-17-13(8-12-4-6-15(22-2)7-5-12)9-14(18(21)23-3)10-16(17)20-19-11/h4-7,9-10H,8H2,1-3H3,(H,19,20). The zero-order valence-electron chi connectivity index (χ0n) is 13.3. The van der Waals surface area contributed by atoms with Gasteiger partial charge >= 0.3 is 5.97 Å². The van der Waals surface area contributed by atoms with E-state index in [1.165, 1.54) is 7.11 Å². The third-order valence-electron chi connectivity index (χ3n) is 3.89. The summed E-state index contributed by atoms with van der Waals surface area (Å²) in [6, 6.07) is 11.5. The van der Waals surface area contributed by atoms with E-state index in [4.69, 9.17) is 9.47 Å². The Balaban J connectivity index is 2.06. The molecule has 0 aliphatic rings. The van der Waals surface area contributed by atoms with Crippen molar-refractivity contribution >= 4 is 16.9 Å². The number of fused-ring (bicyclic) bond motifs is 1. The van der Waals surface area contributed by atoms with Crippen molar-refractivity contribution in [2.45, 2.75) is 13.3 Å². The topological polar surface area (TPSA) is 64.2 Å². The molecule has 3 rings (SSSR count). The van der Waals surface area contributed by atoms with Crippen LogP contribution in [0.25, 0.3) is 10.9 Å². The molecular weight excluding hydrogens is 292 g/mol. The van der Waals surface area contributed by atoms with Crippen LogP contribution in [0.4, 0.5) is 0 Å². The van der Waals surface area contributed by atoms with Crippen LogP contribution in [0.2, 0.25) is 0 Å². The van der Waals surface area contributed by atoms with Gasteiger partial charge in [-0.2, -0.15) is 5.10 Å². The first-order chi connectivity index (χ1) is 11.1. The van der Waals surface area contributed by atoms with Gasteiger partial charge in [0.1, 0.15) is 5.75 Å². The van der Waals surface area contributed by atoms with Crippen LogP contribution in [0, 0.1) is 6.92 Å². The average molecular weight is 310 g/mol. The Morgan fingerprint density at radius 3 is 2.57 bits per heavy atom. The molecule has 1 aromatic heterocycles. The van der Waals surface area contributed by atoms with Crippen molar-refractivity contribution in [2.75, 3.05) is 14.2 Å². The monoisotopic (exact) mass is 310 g/mol. The van der Waals surface area contributed by atoms with Crippen molar-refractivity contribution in [3.05, 3.63) is 58.8 Å². The van der Waals surface area contributed by atoms with Crippen LogP contribution < -0.4 is 4.74 Å². The van der Waals surface area contributed by atoms with Crippen LogP contribution in [0.15, 0.2) is 36.4 Å². The zero-order valence-corrected chi connectivity index (χ0v) is 13.3. The number of carbonyl (C=O) groups excluding carboxylic acids is 1. The van der Waals surface area contributed by atoms with Gasteiger partial charge in [-0.05, 0) is 48.7 Å². The number of esters is 1. The molecule has 0 spiro atoms. The number of hydrogen-bond donors (Lipinski definition) is 1. The van der Waals surface area contributed by atoms with Crippen molar-refractivity contribution in [2.24, 2.45) is 0 Å². The molecule has 0 fully saturated rings. The van der Waals surface area contributed by atoms with Crippen molar-refractivity contribution in [1.82, 2.24) is 10.2 Å². The van der Waals surface area contributed by atoms with E-state index >= 15 is 0 Å². The van der Waals surface area contributed by atoms with Gasteiger partial charge in [-0.25, -0.2) is 4.79 Å². The molecule has 0 aliphatic heterocycles. The molecule has 0 bridgehead atoms. The van der Waals surface area contributed by atoms with Gasteiger partial charge in [0.2, 0.25) is 0 Å². The number of H-pyrrole nitrogens is 1. The smallest absolute Gasteiger partial charge is 0.337 e. The van der Waals surface area contributed by atoms with Gasteiger partial charge in [0.05, 0.1) is 25.3 Å². The molecule has 1 N–H and O–H groups in total. The van der Waals surface area contributed by atoms with E-state index in [1.807, 2.05) is 37.3 Å². The highest BCUT2D eigenvalue weighted by Crippen LogP contribution is 2.26. The second kappa shape index (κ2) is 6.12. The molecule has 5 heteroatoms. The number of aryl methyl sites for hydroxylation is 1. The highest BCUT2D eigenvalue weighted by Gasteiger charge is 2.14. The molecule has 0 saturated heterocycles. The minimum Gasteiger partial charge on any atom is -0.497 e. The van der Waals surface area contributed by atoms with Gasteiger partial charge < -0.3 is 9.47 Å². The quantitative estimate of drug-likeness (QED) is 0.751. The van der Waals surface area contributed by atoms with E-state index in [9.17, 15) is 4.79 Å². The van der Waals surface area contributed by atoms with Crippen LogP contribution in [0.1, 0.15) is 27.2 Å². The molecule has 0 aliphatic carbocycles. The number of aromatic nitrogens is 2. The number of aromatic amines is 1. The molecule has 0 amide bonds. The molecule has 0 radical (unpaired) electrons. The Bertz CT molecular complexity index is 851. The van der Waals surface area contributed by atoms with Gasteiger partial charge in [-0.1, -0.05) is 12.1 Å². The highest BCUT2D eigenvalue weighted by atomic mass is 16.5. The van der Waals surface area contributed by atoms with E-state index in [-0.39, 0.29) is 5.97 Å². The van der Waals surface area contributed by atoms with Crippen molar-refractivity contribution < 1.29 is 14.3 Å². The fourth-order valence-electron chi connectivity index (χ4n) is 2.75. The highest BCUT2D eigenvalue weighted by molar-refractivity contribution is 5.96. The molecule has 3 aromatic rings. The number of nitrogens with one attached hydrogen (secondary N) is 1. The van der Waals surface area contributed by atoms with E-state index in [2.05, 4.69) is 10.2 Å². The minimum atomic E-state index is -0.358. The SMILES string of the molecule is COC(=O)c1cc(Cc2ccc(OC)cc2)c2c(C)[nH]nc2c1. The summed E-state index contributed by atoms with van der Waals surface area (Å²) in [7, 11) is 3.03. The van der Waals surface area contributed by atoms with E-state index in [0.717, 1.165) is 33.5 Å². The summed E-state index contributed by atoms with van der Waals surface area (Å²) >= 11 is 0. The lowest BCUT2D eigenvalue weighted by Gasteiger charge is -2.08. The molecule has 0 saturated carbocycles. The lowest BCUT2D eigenvalue weighted by atomic mass is 9.98. The van der Waals surface area contributed by atoms with Crippen LogP contribution in [0.5, 0.6) is 5.75 Å². The Kier molecular flexibility index (Phi) is 4.02. The summed E-state index contributed by atoms with van der Waals surface area (Å²) in [6.07, 6.45) is 0.700. The lowest BCUT2D eigenvalue weighted by Crippen LogP contribution is -2.03. The Hall–Kier alpha value is -2.82. The summed E-state index contributed by atoms with van der Waals surface area (Å²) < 4.78 is 10.0. The lowest BCUT2D eigenvalue weighted by molar-refractivity contribution is 0.0601. The number of methoxy groups -OCH3 is 2. The van der Waals surface area contributed by atoms with Crippen LogP contribution in [-0.4, -0.2) is 30.4 Å². The molecule has 5 nitrogen and oxygen atoms in total. The Labute approximate surface area is 134 Å².